The van der Waals surface area contributed by atoms with Gasteiger partial charge in [-0.3, -0.25) is 9.89 Å². The number of nitrogens with zero attached hydrogens (tertiary/aromatic N) is 3. The Labute approximate surface area is 140 Å². The van der Waals surface area contributed by atoms with Crippen molar-refractivity contribution in [2.24, 2.45) is 4.99 Å². The molecular weight excluding hydrogens is 290 g/mol. The summed E-state index contributed by atoms with van der Waals surface area (Å²) in [6, 6.07) is 0.965. The first-order valence-electron chi connectivity index (χ1n) is 9.28. The number of fused-ring (bicyclic) bond motifs is 2. The molecule has 3 saturated heterocycles. The van der Waals surface area contributed by atoms with Gasteiger partial charge in [0.15, 0.2) is 5.96 Å². The Hall–Kier alpha value is -0.850. The molecule has 0 aliphatic carbocycles. The summed E-state index contributed by atoms with van der Waals surface area (Å²) in [4.78, 5) is 9.49. The summed E-state index contributed by atoms with van der Waals surface area (Å²) < 4.78 is 5.91. The molecule has 3 aliphatic rings. The fourth-order valence-electron chi connectivity index (χ4n) is 4.05. The van der Waals surface area contributed by atoms with Gasteiger partial charge in [-0.15, -0.1) is 0 Å². The lowest BCUT2D eigenvalue weighted by atomic mass is 9.96. The van der Waals surface area contributed by atoms with Crippen molar-refractivity contribution in [2.45, 2.75) is 57.4 Å². The van der Waals surface area contributed by atoms with E-state index >= 15 is 0 Å². The van der Waals surface area contributed by atoms with Gasteiger partial charge in [0.05, 0.1) is 18.2 Å². The minimum atomic E-state index is 0.387. The van der Waals surface area contributed by atoms with Gasteiger partial charge >= 0.3 is 0 Å². The summed E-state index contributed by atoms with van der Waals surface area (Å²) in [6.07, 6.45) is 4.41. The van der Waals surface area contributed by atoms with Crippen LogP contribution in [-0.4, -0.2) is 86.4 Å². The lowest BCUT2D eigenvalue weighted by molar-refractivity contribution is 0.0990. The van der Waals surface area contributed by atoms with E-state index < -0.39 is 0 Å². The topological polar surface area (TPSA) is 52.1 Å². The van der Waals surface area contributed by atoms with Crippen molar-refractivity contribution in [3.8, 4) is 0 Å². The lowest BCUT2D eigenvalue weighted by Gasteiger charge is -2.37. The molecule has 6 heteroatoms. The van der Waals surface area contributed by atoms with Gasteiger partial charge in [0, 0.05) is 45.8 Å². The zero-order valence-electron chi connectivity index (χ0n) is 14.9. The van der Waals surface area contributed by atoms with E-state index in [-0.39, 0.29) is 0 Å². The second kappa shape index (κ2) is 7.81. The smallest absolute Gasteiger partial charge is 0.191 e. The predicted octanol–water partition coefficient (Wildman–Crippen LogP) is 0.497. The van der Waals surface area contributed by atoms with Gasteiger partial charge in [0.2, 0.25) is 0 Å². The number of aliphatic imine (C=N–C) groups is 1. The molecular formula is C17H33N5O. The highest BCUT2D eigenvalue weighted by atomic mass is 16.5. The van der Waals surface area contributed by atoms with Crippen molar-refractivity contribution >= 4 is 5.96 Å². The fraction of sp³-hybridized carbons (Fsp3) is 0.941. The van der Waals surface area contributed by atoms with Crippen LogP contribution in [0.1, 0.15) is 33.1 Å². The minimum Gasteiger partial charge on any atom is -0.373 e. The van der Waals surface area contributed by atoms with Crippen LogP contribution in [0, 0.1) is 0 Å². The number of rotatable bonds is 5. The van der Waals surface area contributed by atoms with E-state index in [0.717, 1.165) is 18.9 Å². The van der Waals surface area contributed by atoms with Crippen LogP contribution in [0.15, 0.2) is 4.99 Å². The Morgan fingerprint density at radius 2 is 2.04 bits per heavy atom. The Balaban J connectivity index is 1.39. The monoisotopic (exact) mass is 323 g/mol. The van der Waals surface area contributed by atoms with E-state index in [1.54, 1.807) is 0 Å². The molecule has 132 valence electrons. The van der Waals surface area contributed by atoms with Gasteiger partial charge < -0.3 is 20.3 Å². The standard InChI is InChI=1S/C17H33N5O/c1-4-21-7-9-22(10-8-21)13(2)12-19-17(18-3)20-15-11-14-5-6-16(15)23-14/h13-16H,4-12H2,1-3H3,(H2,18,19,20). The van der Waals surface area contributed by atoms with Crippen molar-refractivity contribution in [2.75, 3.05) is 46.3 Å². The molecule has 2 bridgehead atoms. The number of hydrogen-bond donors (Lipinski definition) is 2. The zero-order chi connectivity index (χ0) is 16.2. The molecule has 3 heterocycles. The molecule has 0 aromatic rings. The normalized spacial score (nSPS) is 33.9. The molecule has 4 unspecified atom stereocenters. The largest absolute Gasteiger partial charge is 0.373 e. The molecule has 4 atom stereocenters. The van der Waals surface area contributed by atoms with Gasteiger partial charge in [-0.2, -0.15) is 0 Å². The highest BCUT2D eigenvalue weighted by molar-refractivity contribution is 5.80. The average molecular weight is 323 g/mol. The van der Waals surface area contributed by atoms with Crippen molar-refractivity contribution in [3.05, 3.63) is 0 Å². The number of piperazine rings is 1. The molecule has 3 rings (SSSR count). The first-order chi connectivity index (χ1) is 11.2. The third-order valence-electron chi connectivity index (χ3n) is 5.69. The molecule has 0 spiro atoms. The summed E-state index contributed by atoms with van der Waals surface area (Å²) in [5.74, 6) is 0.921. The van der Waals surface area contributed by atoms with E-state index in [9.17, 15) is 0 Å². The van der Waals surface area contributed by atoms with Gasteiger partial charge in [-0.05, 0) is 32.7 Å². The maximum atomic E-state index is 5.91. The zero-order valence-corrected chi connectivity index (χ0v) is 14.9. The average Bonchev–Trinajstić information content (AvgIpc) is 3.21. The molecule has 0 amide bonds. The maximum absolute atomic E-state index is 5.91. The summed E-state index contributed by atoms with van der Waals surface area (Å²) in [5, 5.41) is 7.06. The minimum absolute atomic E-state index is 0.387. The molecule has 2 N–H and O–H groups in total. The molecule has 23 heavy (non-hydrogen) atoms. The molecule has 0 aromatic heterocycles. The Bertz CT molecular complexity index is 408. The quantitative estimate of drug-likeness (QED) is 0.570. The van der Waals surface area contributed by atoms with Crippen LogP contribution in [0.5, 0.6) is 0 Å². The van der Waals surface area contributed by atoms with Gasteiger partial charge in [-0.25, -0.2) is 0 Å². The fourth-order valence-corrected chi connectivity index (χ4v) is 4.05. The first-order valence-corrected chi connectivity index (χ1v) is 9.28. The molecule has 6 nitrogen and oxygen atoms in total. The summed E-state index contributed by atoms with van der Waals surface area (Å²) in [6.45, 7) is 11.4. The molecule has 0 saturated carbocycles. The number of nitrogens with one attached hydrogen (secondary N) is 2. The highest BCUT2D eigenvalue weighted by Gasteiger charge is 2.41. The van der Waals surface area contributed by atoms with Crippen LogP contribution in [0.25, 0.3) is 0 Å². The number of ether oxygens (including phenoxy) is 1. The van der Waals surface area contributed by atoms with Crippen molar-refractivity contribution in [1.82, 2.24) is 20.4 Å². The summed E-state index contributed by atoms with van der Waals surface area (Å²) in [5.41, 5.74) is 0. The lowest BCUT2D eigenvalue weighted by Crippen LogP contribution is -2.54. The van der Waals surface area contributed by atoms with Crippen LogP contribution < -0.4 is 10.6 Å². The van der Waals surface area contributed by atoms with Gasteiger partial charge in [-0.1, -0.05) is 6.92 Å². The van der Waals surface area contributed by atoms with Gasteiger partial charge in [0.25, 0.3) is 0 Å². The van der Waals surface area contributed by atoms with Crippen LogP contribution >= 0.6 is 0 Å². The number of hydrogen-bond acceptors (Lipinski definition) is 4. The predicted molar refractivity (Wildman–Crippen MR) is 93.9 cm³/mol. The van der Waals surface area contributed by atoms with Gasteiger partial charge in [0.1, 0.15) is 0 Å². The Morgan fingerprint density at radius 3 is 2.61 bits per heavy atom. The molecule has 3 fully saturated rings. The maximum Gasteiger partial charge on any atom is 0.191 e. The van der Waals surface area contributed by atoms with E-state index in [2.05, 4.69) is 39.3 Å². The third-order valence-corrected chi connectivity index (χ3v) is 5.69. The van der Waals surface area contributed by atoms with E-state index in [1.807, 2.05) is 7.05 Å². The van der Waals surface area contributed by atoms with E-state index in [0.29, 0.717) is 24.3 Å². The Morgan fingerprint density at radius 1 is 1.26 bits per heavy atom. The van der Waals surface area contributed by atoms with Crippen LogP contribution in [0.2, 0.25) is 0 Å². The van der Waals surface area contributed by atoms with Crippen LogP contribution in [0.3, 0.4) is 0 Å². The number of likely N-dealkylation sites (N-methyl/N-ethyl adjacent to an activating group) is 1. The van der Waals surface area contributed by atoms with Crippen molar-refractivity contribution in [1.29, 1.82) is 0 Å². The molecule has 0 radical (unpaired) electrons. The SMILES string of the molecule is CCN1CCN(C(C)CNC(=NC)NC2CC3CCC2O3)CC1. The highest BCUT2D eigenvalue weighted by Crippen LogP contribution is 2.34. The second-order valence-electron chi connectivity index (χ2n) is 7.13. The third kappa shape index (κ3) is 4.17. The van der Waals surface area contributed by atoms with E-state index in [1.165, 1.54) is 45.6 Å². The van der Waals surface area contributed by atoms with Crippen LogP contribution in [-0.2, 0) is 4.74 Å². The van der Waals surface area contributed by atoms with Crippen molar-refractivity contribution < 1.29 is 4.74 Å². The summed E-state index contributed by atoms with van der Waals surface area (Å²) in [7, 11) is 1.86. The van der Waals surface area contributed by atoms with E-state index in [4.69, 9.17) is 4.74 Å². The molecule has 3 aliphatic heterocycles. The number of guanidine groups is 1. The summed E-state index contributed by atoms with van der Waals surface area (Å²) >= 11 is 0. The molecule has 0 aromatic carbocycles. The van der Waals surface area contributed by atoms with Crippen LogP contribution in [0.4, 0.5) is 0 Å². The van der Waals surface area contributed by atoms with Crippen molar-refractivity contribution in [3.63, 3.8) is 0 Å². The first kappa shape index (κ1) is 17.0. The Kier molecular flexibility index (Phi) is 5.77. The second-order valence-corrected chi connectivity index (χ2v) is 7.13.